The Hall–Kier alpha value is -1.32. The molecular formula is C11H16N2O2. The van der Waals surface area contributed by atoms with E-state index < -0.39 is 5.97 Å². The van der Waals surface area contributed by atoms with Crippen molar-refractivity contribution in [2.75, 3.05) is 0 Å². The number of fused-ring (bicyclic) bond motifs is 1. The van der Waals surface area contributed by atoms with E-state index in [9.17, 15) is 4.79 Å². The van der Waals surface area contributed by atoms with Crippen LogP contribution in [0.2, 0.25) is 0 Å². The Kier molecular flexibility index (Phi) is 2.75. The number of hydrogen-bond acceptors (Lipinski definition) is 2. The fraction of sp³-hybridized carbons (Fsp3) is 0.636. The number of imidazole rings is 1. The van der Waals surface area contributed by atoms with Crippen LogP contribution in [0.5, 0.6) is 0 Å². The predicted molar refractivity (Wildman–Crippen MR) is 55.7 cm³/mol. The monoisotopic (exact) mass is 208 g/mol. The smallest absolute Gasteiger partial charge is 0.303 e. The van der Waals surface area contributed by atoms with Gasteiger partial charge in [0.05, 0.1) is 0 Å². The fourth-order valence-electron chi connectivity index (χ4n) is 2.30. The van der Waals surface area contributed by atoms with Crippen LogP contribution in [-0.2, 0) is 24.2 Å². The second kappa shape index (κ2) is 4.04. The molecule has 1 atom stereocenters. The lowest BCUT2D eigenvalue weighted by Gasteiger charge is -2.23. The second-order valence-electron chi connectivity index (χ2n) is 4.13. The molecule has 1 N–H and O–H groups in total. The number of aryl methyl sites for hydroxylation is 1. The van der Waals surface area contributed by atoms with E-state index in [1.807, 2.05) is 6.20 Å². The number of hydrogen-bond donors (Lipinski definition) is 1. The molecule has 0 aliphatic carbocycles. The van der Waals surface area contributed by atoms with Crippen molar-refractivity contribution in [3.8, 4) is 0 Å². The maximum Gasteiger partial charge on any atom is 0.303 e. The van der Waals surface area contributed by atoms with Crippen molar-refractivity contribution in [3.05, 3.63) is 17.7 Å². The molecule has 1 aromatic heterocycles. The van der Waals surface area contributed by atoms with Gasteiger partial charge >= 0.3 is 5.97 Å². The number of aromatic nitrogens is 2. The SMILES string of the molecule is CCc1ncc2n1CCC(CC(=O)O)C2. The predicted octanol–water partition coefficient (Wildman–Crippen LogP) is 1.48. The van der Waals surface area contributed by atoms with Crippen LogP contribution >= 0.6 is 0 Å². The maximum absolute atomic E-state index is 10.6. The second-order valence-corrected chi connectivity index (χ2v) is 4.13. The third kappa shape index (κ3) is 2.03. The van der Waals surface area contributed by atoms with E-state index in [0.29, 0.717) is 0 Å². The summed E-state index contributed by atoms with van der Waals surface area (Å²) in [6.45, 7) is 3.02. The minimum absolute atomic E-state index is 0.284. The molecule has 1 aliphatic heterocycles. The maximum atomic E-state index is 10.6. The van der Waals surface area contributed by atoms with Gasteiger partial charge in [0.25, 0.3) is 0 Å². The number of nitrogens with zero attached hydrogens (tertiary/aromatic N) is 2. The third-order valence-corrected chi connectivity index (χ3v) is 3.06. The normalized spacial score (nSPS) is 19.9. The van der Waals surface area contributed by atoms with Gasteiger partial charge in [0, 0.05) is 31.3 Å². The Balaban J connectivity index is 2.10. The van der Waals surface area contributed by atoms with Crippen LogP contribution in [0.3, 0.4) is 0 Å². The lowest BCUT2D eigenvalue weighted by atomic mass is 9.93. The Morgan fingerprint density at radius 3 is 3.20 bits per heavy atom. The topological polar surface area (TPSA) is 55.1 Å². The first-order valence-corrected chi connectivity index (χ1v) is 5.45. The molecule has 0 saturated carbocycles. The zero-order valence-corrected chi connectivity index (χ0v) is 8.94. The summed E-state index contributed by atoms with van der Waals surface area (Å²) in [6, 6.07) is 0. The summed E-state index contributed by atoms with van der Waals surface area (Å²) >= 11 is 0. The van der Waals surface area contributed by atoms with E-state index in [2.05, 4.69) is 16.5 Å². The van der Waals surface area contributed by atoms with E-state index in [1.165, 1.54) is 5.69 Å². The highest BCUT2D eigenvalue weighted by Crippen LogP contribution is 2.24. The minimum Gasteiger partial charge on any atom is -0.481 e. The lowest BCUT2D eigenvalue weighted by molar-refractivity contribution is -0.138. The standard InChI is InChI=1S/C11H16N2O2/c1-2-10-12-7-9-5-8(6-11(14)15)3-4-13(9)10/h7-8H,2-6H2,1H3,(H,14,15). The van der Waals surface area contributed by atoms with Gasteiger partial charge in [0.1, 0.15) is 5.82 Å². The van der Waals surface area contributed by atoms with Gasteiger partial charge in [0.15, 0.2) is 0 Å². The molecule has 1 aliphatic rings. The highest BCUT2D eigenvalue weighted by molar-refractivity contribution is 5.67. The quantitative estimate of drug-likeness (QED) is 0.818. The summed E-state index contributed by atoms with van der Waals surface area (Å²) in [4.78, 5) is 15.0. The molecule has 1 aromatic rings. The molecule has 0 spiro atoms. The van der Waals surface area contributed by atoms with Crippen LogP contribution in [0.15, 0.2) is 6.20 Å². The van der Waals surface area contributed by atoms with Gasteiger partial charge in [-0.1, -0.05) is 6.92 Å². The molecule has 1 unspecified atom stereocenters. The molecule has 0 amide bonds. The fourth-order valence-corrected chi connectivity index (χ4v) is 2.30. The first-order valence-electron chi connectivity index (χ1n) is 5.45. The van der Waals surface area contributed by atoms with Crippen molar-refractivity contribution in [2.24, 2.45) is 5.92 Å². The van der Waals surface area contributed by atoms with Gasteiger partial charge in [-0.2, -0.15) is 0 Å². The Labute approximate surface area is 88.9 Å². The number of carbonyl (C=O) groups is 1. The first kappa shape index (κ1) is 10.2. The average molecular weight is 208 g/mol. The number of carboxylic acids is 1. The number of carboxylic acid groups (broad SMARTS) is 1. The molecule has 15 heavy (non-hydrogen) atoms. The van der Waals surface area contributed by atoms with Crippen molar-refractivity contribution in [2.45, 2.75) is 39.2 Å². The van der Waals surface area contributed by atoms with E-state index in [0.717, 1.165) is 31.6 Å². The minimum atomic E-state index is -0.691. The van der Waals surface area contributed by atoms with Crippen molar-refractivity contribution in [1.29, 1.82) is 0 Å². The summed E-state index contributed by atoms with van der Waals surface area (Å²) in [5.41, 5.74) is 1.20. The zero-order chi connectivity index (χ0) is 10.8. The zero-order valence-electron chi connectivity index (χ0n) is 8.94. The molecule has 4 nitrogen and oxygen atoms in total. The summed E-state index contributed by atoms with van der Waals surface area (Å²) in [7, 11) is 0. The highest BCUT2D eigenvalue weighted by Gasteiger charge is 2.22. The van der Waals surface area contributed by atoms with Crippen molar-refractivity contribution in [3.63, 3.8) is 0 Å². The van der Waals surface area contributed by atoms with Crippen LogP contribution in [0, 0.1) is 5.92 Å². The van der Waals surface area contributed by atoms with Crippen LogP contribution in [0.4, 0.5) is 0 Å². The molecule has 0 bridgehead atoms. The van der Waals surface area contributed by atoms with Gasteiger partial charge < -0.3 is 9.67 Å². The Morgan fingerprint density at radius 1 is 1.73 bits per heavy atom. The van der Waals surface area contributed by atoms with E-state index in [1.54, 1.807) is 0 Å². The van der Waals surface area contributed by atoms with Crippen molar-refractivity contribution >= 4 is 5.97 Å². The summed E-state index contributed by atoms with van der Waals surface area (Å²) in [6.07, 6.45) is 4.95. The van der Waals surface area contributed by atoms with Crippen LogP contribution < -0.4 is 0 Å². The molecular weight excluding hydrogens is 192 g/mol. The largest absolute Gasteiger partial charge is 0.481 e. The Morgan fingerprint density at radius 2 is 2.53 bits per heavy atom. The van der Waals surface area contributed by atoms with Gasteiger partial charge in [-0.3, -0.25) is 4.79 Å². The molecule has 4 heteroatoms. The number of rotatable bonds is 3. The van der Waals surface area contributed by atoms with Gasteiger partial charge in [-0.05, 0) is 18.8 Å². The van der Waals surface area contributed by atoms with E-state index in [-0.39, 0.29) is 12.3 Å². The van der Waals surface area contributed by atoms with Crippen molar-refractivity contribution < 1.29 is 9.90 Å². The van der Waals surface area contributed by atoms with Crippen LogP contribution in [-0.4, -0.2) is 20.6 Å². The lowest BCUT2D eigenvalue weighted by Crippen LogP contribution is -2.22. The molecule has 0 radical (unpaired) electrons. The molecule has 2 rings (SSSR count). The molecule has 0 fully saturated rings. The molecule has 2 heterocycles. The van der Waals surface area contributed by atoms with E-state index >= 15 is 0 Å². The van der Waals surface area contributed by atoms with Crippen LogP contribution in [0.1, 0.15) is 31.3 Å². The van der Waals surface area contributed by atoms with Gasteiger partial charge in [-0.15, -0.1) is 0 Å². The number of aliphatic carboxylic acids is 1. The average Bonchev–Trinajstić information content (AvgIpc) is 2.58. The van der Waals surface area contributed by atoms with Crippen molar-refractivity contribution in [1.82, 2.24) is 9.55 Å². The van der Waals surface area contributed by atoms with E-state index in [4.69, 9.17) is 5.11 Å². The summed E-state index contributed by atoms with van der Waals surface area (Å²) in [5, 5.41) is 8.74. The molecule has 82 valence electrons. The van der Waals surface area contributed by atoms with Gasteiger partial charge in [-0.25, -0.2) is 4.98 Å². The third-order valence-electron chi connectivity index (χ3n) is 3.06. The van der Waals surface area contributed by atoms with Crippen LogP contribution in [0.25, 0.3) is 0 Å². The highest BCUT2D eigenvalue weighted by atomic mass is 16.4. The molecule has 0 aromatic carbocycles. The molecule has 0 saturated heterocycles. The summed E-state index contributed by atoms with van der Waals surface area (Å²) < 4.78 is 2.23. The Bertz CT molecular complexity index is 371. The summed E-state index contributed by atoms with van der Waals surface area (Å²) in [5.74, 6) is 0.721. The van der Waals surface area contributed by atoms with Gasteiger partial charge in [0.2, 0.25) is 0 Å². The first-order chi connectivity index (χ1) is 7.20.